The highest BCUT2D eigenvalue weighted by Gasteiger charge is 2.36. The minimum Gasteiger partial charge on any atom is -0.508 e. The van der Waals surface area contributed by atoms with Crippen LogP contribution < -0.4 is 54.4 Å². The van der Waals surface area contributed by atoms with E-state index in [1.165, 1.54) is 35.7 Å². The number of H-pyrrole nitrogens is 2. The first-order valence-corrected chi connectivity index (χ1v) is 29.9. The number of unbranched alkanes of at least 4 members (excludes halogenated alkanes) is 1. The Morgan fingerprint density at radius 3 is 1.46 bits per heavy atom. The Labute approximate surface area is 485 Å². The molecular weight excluding hydrogens is 1080 g/mol. The molecule has 0 radical (unpaired) electrons. The lowest BCUT2D eigenvalue weighted by Gasteiger charge is -2.29. The molecule has 16 N–H and O–H groups in total. The second kappa shape index (κ2) is 31.4. The summed E-state index contributed by atoms with van der Waals surface area (Å²) in [5.74, 6) is -5.99. The molecule has 6 rings (SSSR count). The van der Waals surface area contributed by atoms with E-state index in [0.717, 1.165) is 32.9 Å². The number of aromatic hydroxyl groups is 1. The van der Waals surface area contributed by atoms with E-state index in [4.69, 9.17) is 17.2 Å². The molecule has 0 spiro atoms. The van der Waals surface area contributed by atoms with Crippen molar-refractivity contribution in [3.8, 4) is 5.75 Å². The maximum Gasteiger partial charge on any atom is 0.244 e. The van der Waals surface area contributed by atoms with E-state index in [0.29, 0.717) is 24.0 Å². The monoisotopic (exact) mass is 1160 g/mol. The minimum atomic E-state index is -1.37. The molecule has 0 saturated heterocycles. The van der Waals surface area contributed by atoms with Gasteiger partial charge >= 0.3 is 0 Å². The van der Waals surface area contributed by atoms with E-state index in [2.05, 4.69) is 47.2 Å². The average Bonchev–Trinajstić information content (AvgIpc) is 4.18. The third kappa shape index (κ3) is 18.3. The quantitative estimate of drug-likeness (QED) is 0.0270. The van der Waals surface area contributed by atoms with Crippen molar-refractivity contribution >= 4 is 92.6 Å². The van der Waals surface area contributed by atoms with Crippen LogP contribution in [0.1, 0.15) is 55.4 Å². The molecule has 438 valence electrons. The topological polar surface area (TPSA) is 351 Å². The lowest BCUT2D eigenvalue weighted by molar-refractivity contribution is -0.136. The normalized spacial score (nSPS) is 14.3. The molecule has 6 aromatic rings. The minimum absolute atomic E-state index is 0.0277. The smallest absolute Gasteiger partial charge is 0.244 e. The van der Waals surface area contributed by atoms with Crippen LogP contribution in [0, 0.1) is 5.92 Å². The number of fused-ring (bicyclic) bond motifs is 2. The molecule has 21 nitrogen and oxygen atoms in total. The third-order valence-corrected chi connectivity index (χ3v) is 15.2. The van der Waals surface area contributed by atoms with Crippen molar-refractivity contribution in [2.24, 2.45) is 23.1 Å². The Hall–Kier alpha value is -7.86. The molecule has 0 bridgehead atoms. The molecule has 0 aliphatic carbocycles. The van der Waals surface area contributed by atoms with Gasteiger partial charge in [-0.25, -0.2) is 0 Å². The number of para-hydroxylation sites is 2. The van der Waals surface area contributed by atoms with Crippen LogP contribution in [-0.2, 0) is 64.0 Å². The van der Waals surface area contributed by atoms with Crippen molar-refractivity contribution in [1.29, 1.82) is 0 Å². The number of primary amides is 1. The van der Waals surface area contributed by atoms with Gasteiger partial charge in [0.15, 0.2) is 0 Å². The predicted molar refractivity (Wildman–Crippen MR) is 321 cm³/mol. The number of rotatable bonds is 32. The van der Waals surface area contributed by atoms with Crippen LogP contribution in [0.15, 0.2) is 116 Å². The van der Waals surface area contributed by atoms with Gasteiger partial charge in [0.25, 0.3) is 0 Å². The number of aromatic amines is 2. The van der Waals surface area contributed by atoms with Crippen molar-refractivity contribution in [2.75, 3.05) is 30.6 Å². The van der Waals surface area contributed by atoms with Gasteiger partial charge in [-0.1, -0.05) is 92.7 Å². The summed E-state index contributed by atoms with van der Waals surface area (Å²) in [6, 6.07) is 20.5. The van der Waals surface area contributed by atoms with Crippen LogP contribution in [0.4, 0.5) is 0 Å². The van der Waals surface area contributed by atoms with Crippen molar-refractivity contribution in [2.45, 2.75) is 107 Å². The summed E-state index contributed by atoms with van der Waals surface area (Å²) in [5, 5.41) is 31.2. The number of thioether (sulfide) groups is 2. The summed E-state index contributed by atoms with van der Waals surface area (Å²) in [7, 11) is 0. The van der Waals surface area contributed by atoms with Crippen molar-refractivity contribution in [3.63, 3.8) is 0 Å². The molecule has 23 heteroatoms. The predicted octanol–water partition coefficient (Wildman–Crippen LogP) is 2.34. The number of carbonyl (C=O) groups is 8. The zero-order valence-corrected chi connectivity index (χ0v) is 48.1. The van der Waals surface area contributed by atoms with Gasteiger partial charge in [0.1, 0.15) is 48.0 Å². The number of aromatic nitrogens is 2. The fraction of sp³-hybridized carbons (Fsp3) is 0.390. The molecular formula is C59H76N12O9S2. The summed E-state index contributed by atoms with van der Waals surface area (Å²) < 4.78 is 0. The number of hydrogen-bond acceptors (Lipinski definition) is 13. The first-order chi connectivity index (χ1) is 39.4. The van der Waals surface area contributed by atoms with E-state index in [1.807, 2.05) is 78.9 Å². The molecule has 2 heterocycles. The number of nitrogens with one attached hydrogen (secondary N) is 9. The lowest BCUT2D eigenvalue weighted by Crippen LogP contribution is -2.61. The van der Waals surface area contributed by atoms with Crippen molar-refractivity contribution in [1.82, 2.24) is 47.2 Å². The second-order valence-electron chi connectivity index (χ2n) is 20.5. The average molecular weight is 1160 g/mol. The second-order valence-corrected chi connectivity index (χ2v) is 22.3. The standard InChI is InChI=1S/C59H76N12O9S2/c1-34(2)51(59(80)70-50(33-82-4)57(78)66-46(52(62)73)28-37-30-63-43-18-10-8-16-40(37)43)71-54(75)45(20-12-13-25-60)65-56(77)48(29-38-31-64-44-19-11-9-17-41(38)44)68-55(76)47(27-36-21-23-39(72)24-22-36)67-58(79)49(32-81-3)69-53(74)42(61)26-35-14-6-5-7-15-35/h5-11,14-19,21-24,30-31,34,42,45-51,63-64,72H,12-13,20,25-29,32-33,60-61H2,1-4H3,(H2,62,73)(H,65,77)(H,66,78)(H,67,79)(H,68,76)(H,69,74)(H,70,80)(H,71,75)/t42-,45+,46+,47+,48-,49+,50+,51-/m1/s1. The van der Waals surface area contributed by atoms with E-state index < -0.39 is 102 Å². The van der Waals surface area contributed by atoms with Crippen LogP contribution in [0.5, 0.6) is 5.75 Å². The highest BCUT2D eigenvalue weighted by Crippen LogP contribution is 2.22. The van der Waals surface area contributed by atoms with E-state index in [9.17, 15) is 43.5 Å². The molecule has 0 aliphatic heterocycles. The van der Waals surface area contributed by atoms with Gasteiger partial charge in [0, 0.05) is 65.0 Å². The van der Waals surface area contributed by atoms with Crippen LogP contribution in [0.25, 0.3) is 21.8 Å². The van der Waals surface area contributed by atoms with E-state index in [1.54, 1.807) is 50.9 Å². The fourth-order valence-electron chi connectivity index (χ4n) is 9.39. The number of phenolic OH excluding ortho intramolecular Hbond substituents is 1. The largest absolute Gasteiger partial charge is 0.508 e. The number of benzene rings is 4. The summed E-state index contributed by atoms with van der Waals surface area (Å²) in [6.07, 6.45) is 8.01. The van der Waals surface area contributed by atoms with Gasteiger partial charge in [0.2, 0.25) is 47.3 Å². The van der Waals surface area contributed by atoms with Gasteiger partial charge in [-0.2, -0.15) is 23.5 Å². The fourth-order valence-corrected chi connectivity index (χ4v) is 10.5. The SMILES string of the molecule is CSC[C@H](NC(=O)[C@H](N)Cc1ccccc1)C(=O)N[C@@H](Cc1ccc(O)cc1)C(=O)N[C@H](Cc1c[nH]c2ccccc12)C(=O)N[C@@H](CCCCN)C(=O)N[C@@H](C(=O)N[C@@H](CSC)C(=O)N[C@@H](Cc1c[nH]c2ccccc12)C(N)=O)C(C)C. The summed E-state index contributed by atoms with van der Waals surface area (Å²) in [5.41, 5.74) is 22.3. The number of carbonyl (C=O) groups excluding carboxylic acids is 8. The lowest BCUT2D eigenvalue weighted by atomic mass is 10.00. The maximum absolute atomic E-state index is 14.9. The molecule has 0 fully saturated rings. The van der Waals surface area contributed by atoms with Gasteiger partial charge in [-0.15, -0.1) is 0 Å². The molecule has 4 aromatic carbocycles. The van der Waals surface area contributed by atoms with Gasteiger partial charge in [-0.3, -0.25) is 38.4 Å². The Morgan fingerprint density at radius 2 is 0.939 bits per heavy atom. The highest BCUT2D eigenvalue weighted by atomic mass is 32.2. The number of phenols is 1. The zero-order chi connectivity index (χ0) is 59.3. The number of hydrogen-bond donors (Lipinski definition) is 13. The molecule has 0 unspecified atom stereocenters. The molecule has 82 heavy (non-hydrogen) atoms. The van der Waals surface area contributed by atoms with Crippen molar-refractivity contribution < 1.29 is 43.5 Å². The number of nitrogens with two attached hydrogens (primary N) is 3. The molecule has 8 amide bonds. The summed E-state index contributed by atoms with van der Waals surface area (Å²) in [4.78, 5) is 119. The molecule has 0 saturated carbocycles. The third-order valence-electron chi connectivity index (χ3n) is 13.9. The van der Waals surface area contributed by atoms with E-state index >= 15 is 0 Å². The van der Waals surface area contributed by atoms with Crippen LogP contribution >= 0.6 is 23.5 Å². The van der Waals surface area contributed by atoms with Gasteiger partial charge in [-0.05, 0) is 97.2 Å². The molecule has 0 aliphatic rings. The Bertz CT molecular complexity index is 3120. The van der Waals surface area contributed by atoms with Crippen LogP contribution in [-0.4, -0.2) is 141 Å². The Balaban J connectivity index is 1.22. The van der Waals surface area contributed by atoms with E-state index in [-0.39, 0.29) is 55.9 Å². The zero-order valence-electron chi connectivity index (χ0n) is 46.5. The van der Waals surface area contributed by atoms with Gasteiger partial charge in [0.05, 0.1) is 6.04 Å². The first kappa shape index (κ1) is 63.3. The Morgan fingerprint density at radius 1 is 0.500 bits per heavy atom. The molecule has 2 aromatic heterocycles. The summed E-state index contributed by atoms with van der Waals surface area (Å²) >= 11 is 2.57. The van der Waals surface area contributed by atoms with Crippen molar-refractivity contribution in [3.05, 3.63) is 138 Å². The first-order valence-electron chi connectivity index (χ1n) is 27.2. The Kier molecular flexibility index (Phi) is 24.2. The maximum atomic E-state index is 14.9. The highest BCUT2D eigenvalue weighted by molar-refractivity contribution is 7.98. The van der Waals surface area contributed by atoms with Crippen LogP contribution in [0.2, 0.25) is 0 Å². The van der Waals surface area contributed by atoms with Gasteiger partial charge < -0.3 is 69.5 Å². The molecule has 8 atom stereocenters. The summed E-state index contributed by atoms with van der Waals surface area (Å²) in [6.45, 7) is 3.70. The number of amides is 8. The van der Waals surface area contributed by atoms with Crippen LogP contribution in [0.3, 0.4) is 0 Å².